The third-order valence-electron chi connectivity index (χ3n) is 4.54. The van der Waals surface area contributed by atoms with Gasteiger partial charge in [0, 0.05) is 25.7 Å². The van der Waals surface area contributed by atoms with Crippen LogP contribution in [0.4, 0.5) is 0 Å². The Morgan fingerprint density at radius 3 is 2.14 bits per heavy atom. The zero-order valence-electron chi connectivity index (χ0n) is 13.4. The standard InChI is InChI=1S/C19H24N2O/c1-20(2)18-11-12-21(14-18)13-15-3-5-16(6-4-15)17-7-9-19(22)10-8-17/h3-10,18,22H,11-14H2,1-2H3. The van der Waals surface area contributed by atoms with E-state index in [9.17, 15) is 5.11 Å². The highest BCUT2D eigenvalue weighted by molar-refractivity contribution is 5.64. The molecule has 0 amide bonds. The van der Waals surface area contributed by atoms with Gasteiger partial charge in [0.25, 0.3) is 0 Å². The Balaban J connectivity index is 1.64. The van der Waals surface area contributed by atoms with Gasteiger partial charge in [-0.05, 0) is 49.3 Å². The number of hydrogen-bond acceptors (Lipinski definition) is 3. The van der Waals surface area contributed by atoms with E-state index in [-0.39, 0.29) is 0 Å². The first kappa shape index (κ1) is 15.1. The fourth-order valence-electron chi connectivity index (χ4n) is 3.09. The normalized spacial score (nSPS) is 19.0. The molecule has 0 aliphatic carbocycles. The fraction of sp³-hybridized carbons (Fsp3) is 0.368. The van der Waals surface area contributed by atoms with Crippen LogP contribution in [0.5, 0.6) is 5.75 Å². The van der Waals surface area contributed by atoms with E-state index in [1.165, 1.54) is 24.1 Å². The van der Waals surface area contributed by atoms with Gasteiger partial charge in [-0.2, -0.15) is 0 Å². The van der Waals surface area contributed by atoms with Gasteiger partial charge >= 0.3 is 0 Å². The number of benzene rings is 2. The Bertz CT molecular complexity index is 604. The van der Waals surface area contributed by atoms with Crippen LogP contribution in [0, 0.1) is 0 Å². The van der Waals surface area contributed by atoms with Crippen LogP contribution in [-0.2, 0) is 6.54 Å². The van der Waals surface area contributed by atoms with E-state index < -0.39 is 0 Å². The lowest BCUT2D eigenvalue weighted by Gasteiger charge is -2.20. The number of rotatable bonds is 4. The summed E-state index contributed by atoms with van der Waals surface area (Å²) in [6, 6.07) is 16.8. The summed E-state index contributed by atoms with van der Waals surface area (Å²) in [6.45, 7) is 3.37. The van der Waals surface area contributed by atoms with Crippen molar-refractivity contribution in [3.8, 4) is 16.9 Å². The highest BCUT2D eigenvalue weighted by Crippen LogP contribution is 2.23. The van der Waals surface area contributed by atoms with Gasteiger partial charge in [-0.15, -0.1) is 0 Å². The van der Waals surface area contributed by atoms with E-state index >= 15 is 0 Å². The van der Waals surface area contributed by atoms with Gasteiger partial charge in [0.1, 0.15) is 5.75 Å². The number of phenolic OH excluding ortho intramolecular Hbond substituents is 1. The smallest absolute Gasteiger partial charge is 0.115 e. The second-order valence-electron chi connectivity index (χ2n) is 6.39. The number of likely N-dealkylation sites (tertiary alicyclic amines) is 1. The van der Waals surface area contributed by atoms with Crippen LogP contribution in [-0.4, -0.2) is 48.1 Å². The van der Waals surface area contributed by atoms with Crippen LogP contribution in [0.25, 0.3) is 11.1 Å². The molecule has 3 nitrogen and oxygen atoms in total. The molecular formula is C19H24N2O. The summed E-state index contributed by atoms with van der Waals surface area (Å²) >= 11 is 0. The highest BCUT2D eigenvalue weighted by Gasteiger charge is 2.23. The van der Waals surface area contributed by atoms with Crippen molar-refractivity contribution in [2.75, 3.05) is 27.2 Å². The van der Waals surface area contributed by atoms with Gasteiger partial charge in [-0.3, -0.25) is 4.90 Å². The molecule has 3 rings (SSSR count). The van der Waals surface area contributed by atoms with E-state index in [0.29, 0.717) is 11.8 Å². The summed E-state index contributed by atoms with van der Waals surface area (Å²) in [5, 5.41) is 9.36. The second kappa shape index (κ2) is 6.51. The molecule has 1 unspecified atom stereocenters. The average molecular weight is 296 g/mol. The summed E-state index contributed by atoms with van der Waals surface area (Å²) < 4.78 is 0. The topological polar surface area (TPSA) is 26.7 Å². The first-order valence-electron chi connectivity index (χ1n) is 7.89. The lowest BCUT2D eigenvalue weighted by molar-refractivity contribution is 0.264. The van der Waals surface area contributed by atoms with Crippen molar-refractivity contribution >= 4 is 0 Å². The van der Waals surface area contributed by atoms with Crippen LogP contribution in [0.15, 0.2) is 48.5 Å². The van der Waals surface area contributed by atoms with Crippen molar-refractivity contribution < 1.29 is 5.11 Å². The summed E-state index contributed by atoms with van der Waals surface area (Å²) in [7, 11) is 4.33. The molecule has 2 aromatic carbocycles. The van der Waals surface area contributed by atoms with Crippen LogP contribution in [0.3, 0.4) is 0 Å². The molecule has 2 aromatic rings. The number of phenols is 1. The van der Waals surface area contributed by atoms with Crippen LogP contribution < -0.4 is 0 Å². The van der Waals surface area contributed by atoms with E-state index in [0.717, 1.165) is 18.7 Å². The van der Waals surface area contributed by atoms with Gasteiger partial charge in [0.2, 0.25) is 0 Å². The van der Waals surface area contributed by atoms with Crippen molar-refractivity contribution in [2.45, 2.75) is 19.0 Å². The third-order valence-corrected chi connectivity index (χ3v) is 4.54. The van der Waals surface area contributed by atoms with Crippen LogP contribution >= 0.6 is 0 Å². The molecule has 1 N–H and O–H groups in total. The molecule has 1 fully saturated rings. The zero-order chi connectivity index (χ0) is 15.5. The van der Waals surface area contributed by atoms with E-state index in [4.69, 9.17) is 0 Å². The van der Waals surface area contributed by atoms with Crippen molar-refractivity contribution in [2.24, 2.45) is 0 Å². The number of nitrogens with zero attached hydrogens (tertiary/aromatic N) is 2. The molecule has 1 atom stereocenters. The van der Waals surface area contributed by atoms with Crippen molar-refractivity contribution in [3.63, 3.8) is 0 Å². The Morgan fingerprint density at radius 2 is 1.59 bits per heavy atom. The fourth-order valence-corrected chi connectivity index (χ4v) is 3.09. The molecule has 116 valence electrons. The van der Waals surface area contributed by atoms with Crippen molar-refractivity contribution in [3.05, 3.63) is 54.1 Å². The molecule has 0 aromatic heterocycles. The lowest BCUT2D eigenvalue weighted by Crippen LogP contribution is -2.31. The van der Waals surface area contributed by atoms with Crippen molar-refractivity contribution in [1.82, 2.24) is 9.80 Å². The maximum atomic E-state index is 9.36. The van der Waals surface area contributed by atoms with Gasteiger partial charge in [-0.25, -0.2) is 0 Å². The minimum atomic E-state index is 0.310. The summed E-state index contributed by atoms with van der Waals surface area (Å²) in [4.78, 5) is 4.86. The Morgan fingerprint density at radius 1 is 1.00 bits per heavy atom. The molecular weight excluding hydrogens is 272 g/mol. The SMILES string of the molecule is CN(C)C1CCN(Cc2ccc(-c3ccc(O)cc3)cc2)C1. The molecule has 1 aliphatic rings. The first-order chi connectivity index (χ1) is 10.6. The quantitative estimate of drug-likeness (QED) is 0.938. The zero-order valence-corrected chi connectivity index (χ0v) is 13.4. The Hall–Kier alpha value is -1.84. The first-order valence-corrected chi connectivity index (χ1v) is 7.89. The Kier molecular flexibility index (Phi) is 4.46. The maximum Gasteiger partial charge on any atom is 0.115 e. The van der Waals surface area contributed by atoms with Gasteiger partial charge in [0.05, 0.1) is 0 Å². The third kappa shape index (κ3) is 3.49. The Labute approximate surface area is 132 Å². The molecule has 3 heteroatoms. The highest BCUT2D eigenvalue weighted by atomic mass is 16.3. The van der Waals surface area contributed by atoms with Gasteiger partial charge in [-0.1, -0.05) is 36.4 Å². The predicted octanol–water partition coefficient (Wildman–Crippen LogP) is 3.20. The van der Waals surface area contributed by atoms with E-state index in [2.05, 4.69) is 48.2 Å². The molecule has 0 saturated carbocycles. The number of hydrogen-bond donors (Lipinski definition) is 1. The summed E-state index contributed by atoms with van der Waals surface area (Å²) in [5.41, 5.74) is 3.69. The van der Waals surface area contributed by atoms with Gasteiger partial charge < -0.3 is 10.0 Å². The van der Waals surface area contributed by atoms with Crippen LogP contribution in [0.2, 0.25) is 0 Å². The molecule has 1 saturated heterocycles. The molecule has 1 aliphatic heterocycles. The second-order valence-corrected chi connectivity index (χ2v) is 6.39. The number of aromatic hydroxyl groups is 1. The number of likely N-dealkylation sites (N-methyl/N-ethyl adjacent to an activating group) is 1. The molecule has 0 bridgehead atoms. The molecule has 0 radical (unpaired) electrons. The molecule has 1 heterocycles. The largest absolute Gasteiger partial charge is 0.508 e. The van der Waals surface area contributed by atoms with Gasteiger partial charge in [0.15, 0.2) is 0 Å². The minimum Gasteiger partial charge on any atom is -0.508 e. The lowest BCUT2D eigenvalue weighted by atomic mass is 10.0. The van der Waals surface area contributed by atoms with E-state index in [1.807, 2.05) is 12.1 Å². The van der Waals surface area contributed by atoms with Crippen molar-refractivity contribution in [1.29, 1.82) is 0 Å². The predicted molar refractivity (Wildman–Crippen MR) is 90.9 cm³/mol. The summed E-state index contributed by atoms with van der Waals surface area (Å²) in [5.74, 6) is 0.310. The molecule has 22 heavy (non-hydrogen) atoms. The monoisotopic (exact) mass is 296 g/mol. The average Bonchev–Trinajstić information content (AvgIpc) is 2.98. The summed E-state index contributed by atoms with van der Waals surface area (Å²) in [6.07, 6.45) is 1.26. The van der Waals surface area contributed by atoms with E-state index in [1.54, 1.807) is 12.1 Å². The minimum absolute atomic E-state index is 0.310. The maximum absolute atomic E-state index is 9.36. The van der Waals surface area contributed by atoms with Crippen LogP contribution in [0.1, 0.15) is 12.0 Å². The molecule has 0 spiro atoms.